The average molecular weight is 430 g/mol. The molecular weight excluding hydrogens is 398 g/mol. The van der Waals surface area contributed by atoms with E-state index in [0.29, 0.717) is 6.54 Å². The van der Waals surface area contributed by atoms with Crippen molar-refractivity contribution in [3.8, 4) is 0 Å². The van der Waals surface area contributed by atoms with Crippen LogP contribution < -0.4 is 10.2 Å². The van der Waals surface area contributed by atoms with E-state index in [4.69, 9.17) is 0 Å². The summed E-state index contributed by atoms with van der Waals surface area (Å²) in [6.45, 7) is 4.14. The summed E-state index contributed by atoms with van der Waals surface area (Å²) in [7, 11) is 0. The number of hydrogen-bond acceptors (Lipinski definition) is 5. The molecule has 0 saturated heterocycles. The molecule has 5 heteroatoms. The highest BCUT2D eigenvalue weighted by atomic mass is 16.3. The van der Waals surface area contributed by atoms with Gasteiger partial charge in [-0.05, 0) is 74.4 Å². The molecule has 3 N–H and O–H groups in total. The van der Waals surface area contributed by atoms with E-state index >= 15 is 0 Å². The third kappa shape index (κ3) is 3.98. The zero-order chi connectivity index (χ0) is 22.3. The summed E-state index contributed by atoms with van der Waals surface area (Å²) in [5.74, 6) is 0.965. The van der Waals surface area contributed by atoms with Crippen molar-refractivity contribution in [3.05, 3.63) is 83.0 Å². The Hall–Kier alpha value is -2.89. The van der Waals surface area contributed by atoms with Gasteiger partial charge < -0.3 is 20.4 Å². The van der Waals surface area contributed by atoms with Crippen LogP contribution in [0.1, 0.15) is 48.9 Å². The lowest BCUT2D eigenvalue weighted by molar-refractivity contribution is 0.0780. The van der Waals surface area contributed by atoms with E-state index in [1.165, 1.54) is 11.1 Å². The number of pyridine rings is 1. The lowest BCUT2D eigenvalue weighted by Gasteiger charge is -2.35. The second-order valence-electron chi connectivity index (χ2n) is 9.57. The van der Waals surface area contributed by atoms with Gasteiger partial charge in [0.15, 0.2) is 0 Å². The quantitative estimate of drug-likeness (QED) is 0.518. The van der Waals surface area contributed by atoms with Crippen LogP contribution in [0.2, 0.25) is 0 Å². The largest absolute Gasteiger partial charge is 0.386 e. The predicted molar refractivity (Wildman–Crippen MR) is 128 cm³/mol. The number of nitrogens with one attached hydrogen (secondary N) is 1. The van der Waals surface area contributed by atoms with Crippen LogP contribution in [0.25, 0.3) is 0 Å². The Morgan fingerprint density at radius 2 is 1.69 bits per heavy atom. The van der Waals surface area contributed by atoms with Crippen LogP contribution in [0.4, 0.5) is 17.2 Å². The smallest absolute Gasteiger partial charge is 0.135 e. The summed E-state index contributed by atoms with van der Waals surface area (Å²) < 4.78 is 0. The second-order valence-corrected chi connectivity index (χ2v) is 9.57. The van der Waals surface area contributed by atoms with Crippen molar-refractivity contribution in [2.75, 3.05) is 10.2 Å². The fourth-order valence-corrected chi connectivity index (χ4v) is 4.99. The van der Waals surface area contributed by atoms with Crippen molar-refractivity contribution in [2.45, 2.75) is 57.9 Å². The van der Waals surface area contributed by atoms with E-state index in [2.05, 4.69) is 45.5 Å². The van der Waals surface area contributed by atoms with E-state index in [0.717, 1.165) is 54.0 Å². The molecule has 32 heavy (non-hydrogen) atoms. The summed E-state index contributed by atoms with van der Waals surface area (Å²) in [5, 5.41) is 25.8. The third-order valence-electron chi connectivity index (χ3n) is 6.93. The van der Waals surface area contributed by atoms with Crippen LogP contribution in [-0.4, -0.2) is 21.4 Å². The van der Waals surface area contributed by atoms with Crippen LogP contribution in [0.5, 0.6) is 0 Å². The summed E-state index contributed by atoms with van der Waals surface area (Å²) in [4.78, 5) is 6.62. The first-order valence-corrected chi connectivity index (χ1v) is 11.5. The number of aliphatic hydroxyl groups is 2. The van der Waals surface area contributed by atoms with Crippen LogP contribution >= 0.6 is 0 Å². The minimum atomic E-state index is -0.965. The van der Waals surface area contributed by atoms with Crippen LogP contribution in [0, 0.1) is 5.92 Å². The van der Waals surface area contributed by atoms with Gasteiger partial charge in [0.25, 0.3) is 0 Å². The molecule has 1 aliphatic carbocycles. The van der Waals surface area contributed by atoms with Crippen molar-refractivity contribution in [2.24, 2.45) is 5.92 Å². The predicted octanol–water partition coefficient (Wildman–Crippen LogP) is 4.89. The molecule has 0 saturated carbocycles. The van der Waals surface area contributed by atoms with Gasteiger partial charge in [-0.1, -0.05) is 36.4 Å². The molecule has 2 aromatic carbocycles. The van der Waals surface area contributed by atoms with Crippen molar-refractivity contribution >= 4 is 17.2 Å². The van der Waals surface area contributed by atoms with E-state index in [1.807, 2.05) is 24.3 Å². The highest BCUT2D eigenvalue weighted by Gasteiger charge is 2.32. The first kappa shape index (κ1) is 21.0. The maximum atomic E-state index is 11.7. The highest BCUT2D eigenvalue weighted by molar-refractivity contribution is 5.78. The standard InChI is InChI=1S/C27H31N3O2/c1-27(2,32)22-13-14-23-24(16-22)30(17-21-8-5-15-28-25(21)29-23)26(31)20-11-9-18-6-3-4-7-19(18)10-12-20/h3-8,13-16,20,26,31-32H,9-12,17H2,1-2H3,(H,28,29). The number of hydrogen-bond donors (Lipinski definition) is 3. The minimum absolute atomic E-state index is 0.152. The number of aromatic nitrogens is 1. The van der Waals surface area contributed by atoms with Crippen molar-refractivity contribution in [1.82, 2.24) is 4.98 Å². The number of benzene rings is 2. The first-order chi connectivity index (χ1) is 15.4. The van der Waals surface area contributed by atoms with Gasteiger partial charge in [0.1, 0.15) is 12.0 Å². The van der Waals surface area contributed by atoms with Gasteiger partial charge in [0, 0.05) is 24.2 Å². The van der Waals surface area contributed by atoms with Gasteiger partial charge in [-0.25, -0.2) is 4.98 Å². The Morgan fingerprint density at radius 1 is 1.00 bits per heavy atom. The number of fused-ring (bicyclic) bond motifs is 3. The Balaban J connectivity index is 1.52. The molecule has 1 atom stereocenters. The Bertz CT molecular complexity index is 1090. The number of aryl methyl sites for hydroxylation is 2. The molecule has 1 aliphatic heterocycles. The molecule has 1 unspecified atom stereocenters. The normalized spacial score (nSPS) is 17.3. The molecule has 5 nitrogen and oxygen atoms in total. The van der Waals surface area contributed by atoms with Gasteiger partial charge in [0.05, 0.1) is 17.0 Å². The molecule has 0 amide bonds. The average Bonchev–Trinajstić information content (AvgIpc) is 3.10. The van der Waals surface area contributed by atoms with E-state index in [-0.39, 0.29) is 5.92 Å². The van der Waals surface area contributed by atoms with E-state index in [1.54, 1.807) is 20.0 Å². The minimum Gasteiger partial charge on any atom is -0.386 e. The lowest BCUT2D eigenvalue weighted by atomic mass is 9.94. The summed E-state index contributed by atoms with van der Waals surface area (Å²) >= 11 is 0. The van der Waals surface area contributed by atoms with Gasteiger partial charge in [-0.3, -0.25) is 0 Å². The van der Waals surface area contributed by atoms with Gasteiger partial charge in [0.2, 0.25) is 0 Å². The lowest BCUT2D eigenvalue weighted by Crippen LogP contribution is -2.40. The van der Waals surface area contributed by atoms with Crippen LogP contribution in [-0.2, 0) is 25.0 Å². The number of nitrogens with zero attached hydrogens (tertiary/aromatic N) is 2. The maximum absolute atomic E-state index is 11.7. The molecule has 0 fully saturated rings. The van der Waals surface area contributed by atoms with Crippen LogP contribution in [0.3, 0.4) is 0 Å². The van der Waals surface area contributed by atoms with Gasteiger partial charge in [-0.2, -0.15) is 0 Å². The summed E-state index contributed by atoms with van der Waals surface area (Å²) in [6.07, 6.45) is 5.02. The topological polar surface area (TPSA) is 68.6 Å². The maximum Gasteiger partial charge on any atom is 0.135 e. The third-order valence-corrected chi connectivity index (χ3v) is 6.93. The van der Waals surface area contributed by atoms with Crippen molar-refractivity contribution in [3.63, 3.8) is 0 Å². The van der Waals surface area contributed by atoms with Crippen molar-refractivity contribution < 1.29 is 10.2 Å². The number of rotatable bonds is 3. The van der Waals surface area contributed by atoms with Gasteiger partial charge in [-0.15, -0.1) is 0 Å². The molecule has 1 aromatic heterocycles. The summed E-state index contributed by atoms with van der Waals surface area (Å²) in [5.41, 5.74) is 5.50. The molecule has 0 spiro atoms. The molecule has 5 rings (SSSR count). The van der Waals surface area contributed by atoms with Crippen LogP contribution in [0.15, 0.2) is 60.8 Å². The Morgan fingerprint density at radius 3 is 2.38 bits per heavy atom. The van der Waals surface area contributed by atoms with E-state index < -0.39 is 11.8 Å². The fourth-order valence-electron chi connectivity index (χ4n) is 4.99. The SMILES string of the molecule is CC(C)(O)c1ccc2c(c1)N(C(O)C1CCc3ccccc3CC1)Cc1cccnc1N2. The molecule has 2 aliphatic rings. The molecule has 0 bridgehead atoms. The molecular formula is C27H31N3O2. The first-order valence-electron chi connectivity index (χ1n) is 11.5. The zero-order valence-electron chi connectivity index (χ0n) is 18.8. The van der Waals surface area contributed by atoms with E-state index in [9.17, 15) is 10.2 Å². The number of aliphatic hydroxyl groups excluding tert-OH is 1. The molecule has 166 valence electrons. The Kier molecular flexibility index (Phi) is 5.39. The number of anilines is 3. The Labute approximate surface area is 189 Å². The van der Waals surface area contributed by atoms with Crippen molar-refractivity contribution in [1.29, 1.82) is 0 Å². The fraction of sp³-hybridized carbons (Fsp3) is 0.370. The highest BCUT2D eigenvalue weighted by Crippen LogP contribution is 2.40. The zero-order valence-corrected chi connectivity index (χ0v) is 18.8. The second kappa shape index (κ2) is 8.23. The summed E-state index contributed by atoms with van der Waals surface area (Å²) in [6, 6.07) is 18.6. The molecule has 3 aromatic rings. The monoisotopic (exact) mass is 429 g/mol. The molecule has 0 radical (unpaired) electrons. The molecule has 2 heterocycles. The van der Waals surface area contributed by atoms with Gasteiger partial charge >= 0.3 is 0 Å².